The minimum atomic E-state index is 0.176. The molecule has 2 rings (SSSR count). The van der Waals surface area contributed by atoms with Gasteiger partial charge in [-0.25, -0.2) is 0 Å². The maximum absolute atomic E-state index is 3.64. The van der Waals surface area contributed by atoms with E-state index in [9.17, 15) is 0 Å². The fourth-order valence-corrected chi connectivity index (χ4v) is 2.76. The van der Waals surface area contributed by atoms with Crippen LogP contribution in [0, 0.1) is 0 Å². The van der Waals surface area contributed by atoms with E-state index in [0.29, 0.717) is 6.04 Å². The third-order valence-corrected chi connectivity index (χ3v) is 3.39. The molecule has 1 atom stereocenters. The Kier molecular flexibility index (Phi) is 3.27. The maximum Gasteiger partial charge on any atom is 0.0518 e. The molecule has 0 fully saturated rings. The number of halogens is 1. The number of para-hydroxylation sites is 1. The largest absolute Gasteiger partial charge is 0.382 e. The van der Waals surface area contributed by atoms with Crippen molar-refractivity contribution < 1.29 is 0 Å². The third-order valence-electron chi connectivity index (χ3n) is 2.73. The lowest BCUT2D eigenvalue weighted by Crippen LogP contribution is -2.49. The van der Waals surface area contributed by atoms with Crippen molar-refractivity contribution in [1.82, 2.24) is 5.32 Å². The highest BCUT2D eigenvalue weighted by Gasteiger charge is 2.22. The average Bonchev–Trinajstić information content (AvgIpc) is 2.15. The van der Waals surface area contributed by atoms with Crippen LogP contribution in [0.25, 0.3) is 0 Å². The van der Waals surface area contributed by atoms with Gasteiger partial charge in [0.25, 0.3) is 0 Å². The molecule has 1 unspecified atom stereocenters. The second-order valence-electron chi connectivity index (χ2n) is 5.45. The number of benzene rings is 1. The normalized spacial score (nSPS) is 20.1. The molecule has 1 aliphatic heterocycles. The number of fused-ring (bicyclic) bond motifs is 1. The monoisotopic (exact) mass is 282 g/mol. The fourth-order valence-electron chi connectivity index (χ4n) is 2.21. The molecule has 2 N–H and O–H groups in total. The molecule has 1 aromatic carbocycles. The van der Waals surface area contributed by atoms with Crippen LogP contribution in [-0.4, -0.2) is 18.1 Å². The Labute approximate surface area is 106 Å². The van der Waals surface area contributed by atoms with Gasteiger partial charge in [0.15, 0.2) is 0 Å². The van der Waals surface area contributed by atoms with Crippen molar-refractivity contribution in [2.75, 3.05) is 11.9 Å². The van der Waals surface area contributed by atoms with E-state index in [4.69, 9.17) is 0 Å². The van der Waals surface area contributed by atoms with Gasteiger partial charge in [0, 0.05) is 22.6 Å². The molecule has 0 amide bonds. The Hall–Kier alpha value is -0.540. The molecule has 1 aromatic rings. The Morgan fingerprint density at radius 1 is 1.38 bits per heavy atom. The molecule has 0 aliphatic carbocycles. The van der Waals surface area contributed by atoms with Gasteiger partial charge < -0.3 is 10.6 Å². The van der Waals surface area contributed by atoms with E-state index >= 15 is 0 Å². The molecule has 16 heavy (non-hydrogen) atoms. The Bertz CT molecular complexity index is 382. The van der Waals surface area contributed by atoms with E-state index in [0.717, 1.165) is 13.0 Å². The van der Waals surface area contributed by atoms with Crippen LogP contribution in [0.3, 0.4) is 0 Å². The predicted molar refractivity (Wildman–Crippen MR) is 73.0 cm³/mol. The van der Waals surface area contributed by atoms with Crippen LogP contribution in [0.4, 0.5) is 5.69 Å². The first-order chi connectivity index (χ1) is 7.46. The first-order valence-electron chi connectivity index (χ1n) is 5.75. The van der Waals surface area contributed by atoms with Crippen molar-refractivity contribution in [3.63, 3.8) is 0 Å². The second-order valence-corrected chi connectivity index (χ2v) is 6.30. The van der Waals surface area contributed by atoms with Gasteiger partial charge in [0.1, 0.15) is 0 Å². The zero-order valence-electron chi connectivity index (χ0n) is 10.1. The number of hydrogen-bond donors (Lipinski definition) is 2. The molecule has 0 saturated heterocycles. The van der Waals surface area contributed by atoms with Crippen molar-refractivity contribution in [2.45, 2.75) is 38.8 Å². The summed E-state index contributed by atoms with van der Waals surface area (Å²) in [6.07, 6.45) is 1.10. The van der Waals surface area contributed by atoms with Crippen LogP contribution in [0.1, 0.15) is 26.3 Å². The number of hydrogen-bond acceptors (Lipinski definition) is 2. The van der Waals surface area contributed by atoms with Crippen molar-refractivity contribution in [1.29, 1.82) is 0 Å². The van der Waals surface area contributed by atoms with Gasteiger partial charge >= 0.3 is 0 Å². The molecule has 1 heterocycles. The lowest BCUT2D eigenvalue weighted by molar-refractivity contribution is 0.360. The summed E-state index contributed by atoms with van der Waals surface area (Å²) in [7, 11) is 0. The van der Waals surface area contributed by atoms with Gasteiger partial charge in [-0.05, 0) is 54.8 Å². The molecular weight excluding hydrogens is 264 g/mol. The Morgan fingerprint density at radius 3 is 2.81 bits per heavy atom. The van der Waals surface area contributed by atoms with Gasteiger partial charge in [-0.3, -0.25) is 0 Å². The molecule has 2 nitrogen and oxygen atoms in total. The quantitative estimate of drug-likeness (QED) is 0.827. The number of rotatable bonds is 1. The summed E-state index contributed by atoms with van der Waals surface area (Å²) in [5, 5.41) is 7.13. The topological polar surface area (TPSA) is 24.1 Å². The molecule has 0 bridgehead atoms. The smallest absolute Gasteiger partial charge is 0.0518 e. The molecule has 3 heteroatoms. The molecule has 88 valence electrons. The van der Waals surface area contributed by atoms with E-state index in [-0.39, 0.29) is 5.54 Å². The van der Waals surface area contributed by atoms with Gasteiger partial charge in [-0.1, -0.05) is 12.1 Å². The summed E-state index contributed by atoms with van der Waals surface area (Å²) >= 11 is 3.58. The highest BCUT2D eigenvalue weighted by atomic mass is 79.9. The van der Waals surface area contributed by atoms with Crippen LogP contribution in [-0.2, 0) is 6.42 Å². The van der Waals surface area contributed by atoms with Crippen LogP contribution in [0.2, 0.25) is 0 Å². The first kappa shape index (κ1) is 11.9. The van der Waals surface area contributed by atoms with Gasteiger partial charge in [0.2, 0.25) is 0 Å². The minimum absolute atomic E-state index is 0.176. The lowest BCUT2D eigenvalue weighted by atomic mass is 9.97. The van der Waals surface area contributed by atoms with E-state index in [2.05, 4.69) is 65.5 Å². The first-order valence-corrected chi connectivity index (χ1v) is 6.54. The zero-order chi connectivity index (χ0) is 11.8. The molecule has 0 aromatic heterocycles. The van der Waals surface area contributed by atoms with Gasteiger partial charge in [-0.15, -0.1) is 0 Å². The SMILES string of the molecule is CC(C)(C)NC1CNc2c(Br)cccc2C1. The highest BCUT2D eigenvalue weighted by molar-refractivity contribution is 9.10. The standard InChI is InChI=1S/C13H19BrN2/c1-13(2,3)16-10-7-9-5-4-6-11(14)12(9)15-8-10/h4-6,10,15-16H,7-8H2,1-3H3. The predicted octanol–water partition coefficient (Wildman–Crippen LogP) is 3.17. The highest BCUT2D eigenvalue weighted by Crippen LogP contribution is 2.30. The van der Waals surface area contributed by atoms with Crippen molar-refractivity contribution in [3.05, 3.63) is 28.2 Å². The molecule has 0 spiro atoms. The molecule has 0 saturated carbocycles. The van der Waals surface area contributed by atoms with E-state index in [1.54, 1.807) is 0 Å². The Morgan fingerprint density at radius 2 is 2.12 bits per heavy atom. The lowest BCUT2D eigenvalue weighted by Gasteiger charge is -2.33. The fraction of sp³-hybridized carbons (Fsp3) is 0.538. The van der Waals surface area contributed by atoms with Crippen LogP contribution < -0.4 is 10.6 Å². The van der Waals surface area contributed by atoms with Crippen molar-refractivity contribution in [3.8, 4) is 0 Å². The van der Waals surface area contributed by atoms with Crippen LogP contribution in [0.5, 0.6) is 0 Å². The van der Waals surface area contributed by atoms with Crippen molar-refractivity contribution in [2.24, 2.45) is 0 Å². The van der Waals surface area contributed by atoms with E-state index in [1.165, 1.54) is 15.7 Å². The molecule has 1 aliphatic rings. The zero-order valence-corrected chi connectivity index (χ0v) is 11.7. The minimum Gasteiger partial charge on any atom is -0.382 e. The Balaban J connectivity index is 2.12. The molecular formula is C13H19BrN2. The van der Waals surface area contributed by atoms with E-state index < -0.39 is 0 Å². The summed E-state index contributed by atoms with van der Waals surface area (Å²) < 4.78 is 1.17. The average molecular weight is 283 g/mol. The van der Waals surface area contributed by atoms with Crippen LogP contribution in [0.15, 0.2) is 22.7 Å². The number of anilines is 1. The van der Waals surface area contributed by atoms with Crippen molar-refractivity contribution >= 4 is 21.6 Å². The maximum atomic E-state index is 3.64. The second kappa shape index (κ2) is 4.38. The summed E-state index contributed by atoms with van der Waals surface area (Å²) in [5.41, 5.74) is 2.83. The van der Waals surface area contributed by atoms with Gasteiger partial charge in [0.05, 0.1) is 5.69 Å². The summed E-state index contributed by atoms with van der Waals surface area (Å²) in [4.78, 5) is 0. The van der Waals surface area contributed by atoms with E-state index in [1.807, 2.05) is 0 Å². The summed E-state index contributed by atoms with van der Waals surface area (Å²) in [5.74, 6) is 0. The van der Waals surface area contributed by atoms with Crippen LogP contribution >= 0.6 is 15.9 Å². The third kappa shape index (κ3) is 2.77. The summed E-state index contributed by atoms with van der Waals surface area (Å²) in [6, 6.07) is 6.90. The number of nitrogens with one attached hydrogen (secondary N) is 2. The summed E-state index contributed by atoms with van der Waals surface area (Å²) in [6.45, 7) is 7.63. The van der Waals surface area contributed by atoms with Gasteiger partial charge in [-0.2, -0.15) is 0 Å². The molecule has 0 radical (unpaired) electrons.